The number of nitrogens with one attached hydrogen (secondary N) is 1. The van der Waals surface area contributed by atoms with Gasteiger partial charge in [-0.3, -0.25) is 14.4 Å². The van der Waals surface area contributed by atoms with Crippen LogP contribution in [-0.2, 0) is 19.1 Å². The molecule has 2 amide bonds. The van der Waals surface area contributed by atoms with Crippen LogP contribution in [0.25, 0.3) is 0 Å². The minimum atomic E-state index is -0.989. The van der Waals surface area contributed by atoms with Crippen LogP contribution in [0.15, 0.2) is 54.6 Å². The van der Waals surface area contributed by atoms with Crippen LogP contribution >= 0.6 is 11.6 Å². The number of esters is 1. The SMILES string of the molecule is C[C@H](OC(=O)[C@H]1CC(=O)N([C@@H](C)c2ccccc2)C1)C(=O)Nc1cccc(Cl)c1. The number of amides is 2. The maximum Gasteiger partial charge on any atom is 0.312 e. The lowest BCUT2D eigenvalue weighted by Crippen LogP contribution is -2.33. The first kappa shape index (κ1) is 20.9. The Hall–Kier alpha value is -2.86. The number of benzene rings is 2. The van der Waals surface area contributed by atoms with E-state index in [1.807, 2.05) is 37.3 Å². The molecule has 0 aliphatic carbocycles. The highest BCUT2D eigenvalue weighted by Gasteiger charge is 2.38. The van der Waals surface area contributed by atoms with Crippen molar-refractivity contribution in [2.45, 2.75) is 32.4 Å². The zero-order valence-electron chi connectivity index (χ0n) is 16.3. The van der Waals surface area contributed by atoms with E-state index >= 15 is 0 Å². The van der Waals surface area contributed by atoms with Gasteiger partial charge in [-0.15, -0.1) is 0 Å². The molecule has 0 unspecified atom stereocenters. The molecule has 0 aromatic heterocycles. The first-order valence-electron chi connectivity index (χ1n) is 9.46. The molecular weight excluding hydrogens is 392 g/mol. The largest absolute Gasteiger partial charge is 0.452 e. The topological polar surface area (TPSA) is 75.7 Å². The number of nitrogens with zero attached hydrogens (tertiary/aromatic N) is 1. The summed E-state index contributed by atoms with van der Waals surface area (Å²) in [5.74, 6) is -1.69. The van der Waals surface area contributed by atoms with Gasteiger partial charge in [-0.1, -0.05) is 48.0 Å². The maximum absolute atomic E-state index is 12.5. The number of carbonyl (C=O) groups excluding carboxylic acids is 3. The summed E-state index contributed by atoms with van der Waals surface area (Å²) in [4.78, 5) is 38.9. The van der Waals surface area contributed by atoms with Crippen LogP contribution < -0.4 is 5.32 Å². The van der Waals surface area contributed by atoms with Gasteiger partial charge in [0.15, 0.2) is 6.10 Å². The average molecular weight is 415 g/mol. The zero-order valence-corrected chi connectivity index (χ0v) is 17.1. The molecule has 2 aromatic carbocycles. The molecule has 0 saturated carbocycles. The Kier molecular flexibility index (Phi) is 6.54. The Morgan fingerprint density at radius 1 is 1.14 bits per heavy atom. The number of ether oxygens (including phenoxy) is 1. The second-order valence-electron chi connectivity index (χ2n) is 7.11. The average Bonchev–Trinajstić information content (AvgIpc) is 3.10. The van der Waals surface area contributed by atoms with Crippen molar-refractivity contribution < 1.29 is 19.1 Å². The summed E-state index contributed by atoms with van der Waals surface area (Å²) in [6, 6.07) is 16.2. The molecule has 3 atom stereocenters. The van der Waals surface area contributed by atoms with E-state index in [1.54, 1.807) is 29.2 Å². The van der Waals surface area contributed by atoms with Crippen LogP contribution in [0.1, 0.15) is 31.9 Å². The van der Waals surface area contributed by atoms with E-state index < -0.39 is 23.9 Å². The minimum Gasteiger partial charge on any atom is -0.452 e. The number of rotatable bonds is 6. The molecule has 1 aliphatic rings. The number of carbonyl (C=O) groups is 3. The molecule has 3 rings (SSSR count). The van der Waals surface area contributed by atoms with Gasteiger partial charge in [0.1, 0.15) is 0 Å². The van der Waals surface area contributed by atoms with Crippen LogP contribution in [0.5, 0.6) is 0 Å². The molecule has 1 saturated heterocycles. The Labute approximate surface area is 174 Å². The van der Waals surface area contributed by atoms with Crippen molar-refractivity contribution in [1.29, 1.82) is 0 Å². The fourth-order valence-electron chi connectivity index (χ4n) is 3.31. The Bertz CT molecular complexity index is 903. The summed E-state index contributed by atoms with van der Waals surface area (Å²) in [5.41, 5.74) is 1.52. The van der Waals surface area contributed by atoms with Crippen LogP contribution in [0, 0.1) is 5.92 Å². The van der Waals surface area contributed by atoms with Crippen molar-refractivity contribution in [2.24, 2.45) is 5.92 Å². The third-order valence-corrected chi connectivity index (χ3v) is 5.23. The molecule has 0 radical (unpaired) electrons. The lowest BCUT2D eigenvalue weighted by molar-refractivity contribution is -0.157. The van der Waals surface area contributed by atoms with Crippen molar-refractivity contribution >= 4 is 35.1 Å². The van der Waals surface area contributed by atoms with E-state index in [2.05, 4.69) is 5.32 Å². The molecule has 6 nitrogen and oxygen atoms in total. The Balaban J connectivity index is 1.56. The molecule has 1 fully saturated rings. The Morgan fingerprint density at radius 3 is 2.55 bits per heavy atom. The number of hydrogen-bond acceptors (Lipinski definition) is 4. The van der Waals surface area contributed by atoms with Gasteiger partial charge in [-0.2, -0.15) is 0 Å². The molecule has 7 heteroatoms. The van der Waals surface area contributed by atoms with E-state index in [4.69, 9.17) is 16.3 Å². The van der Waals surface area contributed by atoms with Crippen LogP contribution in [-0.4, -0.2) is 35.3 Å². The van der Waals surface area contributed by atoms with Crippen molar-refractivity contribution in [3.05, 3.63) is 65.2 Å². The van der Waals surface area contributed by atoms with Crippen LogP contribution in [0.4, 0.5) is 5.69 Å². The second kappa shape index (κ2) is 9.09. The molecule has 1 aliphatic heterocycles. The van der Waals surface area contributed by atoms with Gasteiger partial charge in [0.2, 0.25) is 5.91 Å². The van der Waals surface area contributed by atoms with Crippen molar-refractivity contribution in [3.8, 4) is 0 Å². The van der Waals surface area contributed by atoms with Gasteiger partial charge in [0, 0.05) is 23.7 Å². The molecule has 0 spiro atoms. The fraction of sp³-hybridized carbons (Fsp3) is 0.318. The third-order valence-electron chi connectivity index (χ3n) is 5.00. The van der Waals surface area contributed by atoms with E-state index in [0.717, 1.165) is 5.56 Å². The molecule has 2 aromatic rings. The van der Waals surface area contributed by atoms with Crippen molar-refractivity contribution in [2.75, 3.05) is 11.9 Å². The zero-order chi connectivity index (χ0) is 21.0. The van der Waals surface area contributed by atoms with Gasteiger partial charge in [0.25, 0.3) is 5.91 Å². The minimum absolute atomic E-state index is 0.0820. The summed E-state index contributed by atoms with van der Waals surface area (Å²) in [6.45, 7) is 3.71. The maximum atomic E-state index is 12.5. The fourth-order valence-corrected chi connectivity index (χ4v) is 3.50. The van der Waals surface area contributed by atoms with Gasteiger partial charge >= 0.3 is 5.97 Å². The second-order valence-corrected chi connectivity index (χ2v) is 7.55. The normalized spacial score (nSPS) is 18.2. The number of anilines is 1. The quantitative estimate of drug-likeness (QED) is 0.729. The highest BCUT2D eigenvalue weighted by Crippen LogP contribution is 2.29. The molecule has 152 valence electrons. The van der Waals surface area contributed by atoms with Crippen molar-refractivity contribution in [3.63, 3.8) is 0 Å². The predicted octanol–water partition coefficient (Wildman–Crippen LogP) is 3.82. The van der Waals surface area contributed by atoms with E-state index in [0.29, 0.717) is 10.7 Å². The van der Waals surface area contributed by atoms with E-state index in [1.165, 1.54) is 6.92 Å². The number of likely N-dealkylation sites (tertiary alicyclic amines) is 1. The molecule has 1 heterocycles. The van der Waals surface area contributed by atoms with Crippen LogP contribution in [0.2, 0.25) is 5.02 Å². The summed E-state index contributed by atoms with van der Waals surface area (Å²) in [7, 11) is 0. The highest BCUT2D eigenvalue weighted by molar-refractivity contribution is 6.30. The van der Waals surface area contributed by atoms with E-state index in [9.17, 15) is 14.4 Å². The first-order valence-corrected chi connectivity index (χ1v) is 9.84. The van der Waals surface area contributed by atoms with Gasteiger partial charge in [-0.05, 0) is 37.6 Å². The van der Waals surface area contributed by atoms with Crippen LogP contribution in [0.3, 0.4) is 0 Å². The standard InChI is InChI=1S/C22H23ClN2O4/c1-14(16-7-4-3-5-8-16)25-13-17(11-20(25)26)22(28)29-15(2)21(27)24-19-10-6-9-18(23)12-19/h3-10,12,14-15,17H,11,13H2,1-2H3,(H,24,27)/t14-,15-,17-/m0/s1. The lowest BCUT2D eigenvalue weighted by Gasteiger charge is -2.25. The predicted molar refractivity (Wildman–Crippen MR) is 110 cm³/mol. The summed E-state index contributed by atoms with van der Waals surface area (Å²) >= 11 is 5.90. The summed E-state index contributed by atoms with van der Waals surface area (Å²) in [5, 5.41) is 3.15. The Morgan fingerprint density at radius 2 is 1.86 bits per heavy atom. The third kappa shape index (κ3) is 5.15. The van der Waals surface area contributed by atoms with Gasteiger partial charge < -0.3 is 15.0 Å². The number of halogens is 1. The summed E-state index contributed by atoms with van der Waals surface area (Å²) in [6.07, 6.45) is -0.907. The monoisotopic (exact) mass is 414 g/mol. The molecule has 1 N–H and O–H groups in total. The van der Waals surface area contributed by atoms with Crippen molar-refractivity contribution in [1.82, 2.24) is 4.90 Å². The molecule has 0 bridgehead atoms. The molecule has 29 heavy (non-hydrogen) atoms. The van der Waals surface area contributed by atoms with Gasteiger partial charge in [-0.25, -0.2) is 0 Å². The van der Waals surface area contributed by atoms with Gasteiger partial charge in [0.05, 0.1) is 12.0 Å². The molecular formula is C22H23ClN2O4. The first-order chi connectivity index (χ1) is 13.8. The summed E-state index contributed by atoms with van der Waals surface area (Å²) < 4.78 is 5.32. The van der Waals surface area contributed by atoms with E-state index in [-0.39, 0.29) is 24.9 Å². The lowest BCUT2D eigenvalue weighted by atomic mass is 10.1. The number of hydrogen-bond donors (Lipinski definition) is 1. The smallest absolute Gasteiger partial charge is 0.312 e. The highest BCUT2D eigenvalue weighted by atomic mass is 35.5.